The topological polar surface area (TPSA) is 298 Å². The van der Waals surface area contributed by atoms with Crippen LogP contribution in [-0.2, 0) is 79.5 Å². The van der Waals surface area contributed by atoms with Gasteiger partial charge < -0.3 is 57.9 Å². The van der Waals surface area contributed by atoms with E-state index in [1.807, 2.05) is 12.1 Å². The number of amides is 4. The molecule has 3 aliphatic rings. The summed E-state index contributed by atoms with van der Waals surface area (Å²) in [4.78, 5) is 129. The summed E-state index contributed by atoms with van der Waals surface area (Å²) in [5.41, 5.74) is -0.563. The second-order valence-corrected chi connectivity index (χ2v) is 24.9. The van der Waals surface area contributed by atoms with Crippen molar-refractivity contribution in [3.8, 4) is 23.0 Å². The maximum Gasteiger partial charge on any atom is 0.413 e. The predicted octanol–water partition coefficient (Wildman–Crippen LogP) is 6.34. The van der Waals surface area contributed by atoms with Gasteiger partial charge in [0.1, 0.15) is 103 Å². The zero-order chi connectivity index (χ0) is 64.9. The third kappa shape index (κ3) is 17.9. The number of aromatic nitrogens is 2. The largest absolute Gasteiger partial charge is 0.497 e. The normalized spacial score (nSPS) is 17.6. The van der Waals surface area contributed by atoms with Crippen molar-refractivity contribution in [1.29, 1.82) is 0 Å². The number of hydrogen-bond donors (Lipinski definition) is 3. The monoisotopic (exact) mass is 1280 g/mol. The number of benzene rings is 3. The number of thiazole rings is 1. The maximum absolute atomic E-state index is 14.7. The summed E-state index contributed by atoms with van der Waals surface area (Å²) in [5, 5.41) is 12.7. The average Bonchev–Trinajstić information content (AvgIpc) is 0.749. The van der Waals surface area contributed by atoms with Crippen LogP contribution in [0.5, 0.6) is 23.0 Å². The fourth-order valence-electron chi connectivity index (χ4n) is 9.45. The number of thioether (sulfide) groups is 1. The number of anilines is 1. The average molecular weight is 1280 g/mol. The number of quaternary nitrogens is 1. The van der Waals surface area contributed by atoms with Crippen LogP contribution in [-0.4, -0.2) is 155 Å². The van der Waals surface area contributed by atoms with Crippen molar-refractivity contribution in [2.45, 2.75) is 103 Å². The molecular weight excluding hydrogens is 1210 g/mol. The van der Waals surface area contributed by atoms with E-state index in [4.69, 9.17) is 47.6 Å². The number of rotatable bonds is 26. The van der Waals surface area contributed by atoms with E-state index in [1.165, 1.54) is 53.1 Å². The molecule has 4 amide bonds. The summed E-state index contributed by atoms with van der Waals surface area (Å²) in [6, 6.07) is 20.7. The van der Waals surface area contributed by atoms with E-state index in [1.54, 1.807) is 116 Å². The number of hydroxylamine groups is 3. The molecule has 2 fully saturated rings. The van der Waals surface area contributed by atoms with Crippen molar-refractivity contribution < 1.29 is 85.8 Å². The molecular formula is C62H73N8O18S2+. The predicted molar refractivity (Wildman–Crippen MR) is 328 cm³/mol. The van der Waals surface area contributed by atoms with Gasteiger partial charge in [-0.3, -0.25) is 34.2 Å². The molecule has 5 heterocycles. The number of β-lactam (4-membered cyclic amide) rings is 1. The Labute approximate surface area is 527 Å². The fraction of sp³-hybridized carbons (Fsp3) is 0.419. The summed E-state index contributed by atoms with van der Waals surface area (Å²) in [7, 11) is 6.22. The molecule has 0 radical (unpaired) electrons. The van der Waals surface area contributed by atoms with E-state index in [2.05, 4.69) is 26.1 Å². The van der Waals surface area contributed by atoms with Gasteiger partial charge in [-0.25, -0.2) is 24.2 Å². The van der Waals surface area contributed by atoms with Crippen molar-refractivity contribution in [3.05, 3.63) is 140 Å². The van der Waals surface area contributed by atoms with Crippen LogP contribution in [0.1, 0.15) is 87.3 Å². The Morgan fingerprint density at radius 3 is 1.99 bits per heavy atom. The molecule has 4 atom stereocenters. The van der Waals surface area contributed by atoms with Crippen LogP contribution < -0.4 is 40.3 Å². The van der Waals surface area contributed by atoms with Gasteiger partial charge in [-0.15, -0.1) is 23.1 Å². The first-order chi connectivity index (χ1) is 42.8. The molecule has 3 N–H and O–H groups in total. The number of carbonyl (C=O) groups excluding carboxylic acids is 7. The molecule has 26 nitrogen and oxygen atoms in total. The molecule has 0 spiro atoms. The number of pyridine rings is 1. The smallest absolute Gasteiger partial charge is 0.413 e. The molecule has 2 saturated heterocycles. The Hall–Kier alpha value is -8.99. The van der Waals surface area contributed by atoms with Crippen LogP contribution in [0.25, 0.3) is 0 Å². The van der Waals surface area contributed by atoms with Gasteiger partial charge in [0.25, 0.3) is 17.7 Å². The van der Waals surface area contributed by atoms with Crippen molar-refractivity contribution in [2.75, 3.05) is 65.2 Å². The van der Waals surface area contributed by atoms with E-state index < -0.39 is 88.0 Å². The lowest BCUT2D eigenvalue weighted by Gasteiger charge is -2.50. The number of esters is 3. The van der Waals surface area contributed by atoms with Gasteiger partial charge in [0, 0.05) is 36.2 Å². The lowest BCUT2D eigenvalue weighted by Crippen LogP contribution is -2.71. The van der Waals surface area contributed by atoms with Gasteiger partial charge in [-0.2, -0.15) is 4.65 Å². The molecule has 2 aromatic heterocycles. The Bertz CT molecular complexity index is 3550. The minimum absolute atomic E-state index is 0.0250. The lowest BCUT2D eigenvalue weighted by atomic mass is 10.0. The SMILES string of the molecule is COc1ccc(COC(=O)C2=C(C[N+]3(CCNC(=O)c4cc(=O)c(OCc5ccc(OC)cc5)cn4C)CCCO3)CS[C@@H]3[C@H](NC(=O)/C(=N\O[C@@H](CC(=O)OC(C)(C)C)C(=O)OCc4ccc(OC)cc4)c4csc(NC(=O)OC(C)(C)C)n4)C(=O)N23)cc1. The van der Waals surface area contributed by atoms with Gasteiger partial charge in [0.2, 0.25) is 11.5 Å². The standard InChI is InChI=1S/C62H72N8O18S2/c1-61(2,3)86-49(72)29-47(57(76)83-33-38-14-20-42(80-9)21-15-38)88-67-50(44-36-90-59(64-44)66-60(78)87-62(4,5)6)54(74)65-51-55(75)69-52(58(77)84-34-39-16-22-43(81-10)23-17-39)40(35-89-56(51)69)31-70(25-11-27-85-70)26-24-63-53(73)45-28-46(71)48(30-68(45)7)82-32-37-12-18-41(79-8)19-13-37/h12-23,28,30,36,47,51,56H,11,24-27,29,31-35H2,1-10H3,(H2-,63,64,65,66,73,74,78)/p+1/b67-50-/t47-,51+,56+,70?/m0/s1. The minimum atomic E-state index is -1.78. The number of fused-ring (bicyclic) bond motifs is 1. The molecule has 0 bridgehead atoms. The number of carbonyl (C=O) groups is 7. The highest BCUT2D eigenvalue weighted by molar-refractivity contribution is 8.00. The minimum Gasteiger partial charge on any atom is -0.497 e. The molecule has 5 aromatic rings. The van der Waals surface area contributed by atoms with E-state index >= 15 is 0 Å². The van der Waals surface area contributed by atoms with Gasteiger partial charge in [0.15, 0.2) is 16.6 Å². The lowest BCUT2D eigenvalue weighted by molar-refractivity contribution is -1.09. The second kappa shape index (κ2) is 29.5. The zero-order valence-electron chi connectivity index (χ0n) is 51.6. The molecule has 90 heavy (non-hydrogen) atoms. The van der Waals surface area contributed by atoms with Crippen molar-refractivity contribution >= 4 is 75.7 Å². The number of nitrogens with zero attached hydrogens (tertiary/aromatic N) is 5. The quantitative estimate of drug-likeness (QED) is 0.0136. The highest BCUT2D eigenvalue weighted by Gasteiger charge is 2.56. The first-order valence-corrected chi connectivity index (χ1v) is 30.5. The third-order valence-electron chi connectivity index (χ3n) is 13.8. The van der Waals surface area contributed by atoms with Crippen LogP contribution in [0.4, 0.5) is 9.93 Å². The summed E-state index contributed by atoms with van der Waals surface area (Å²) < 4.78 is 45.4. The van der Waals surface area contributed by atoms with Crippen LogP contribution in [0, 0.1) is 0 Å². The Kier molecular flexibility index (Phi) is 22.0. The number of methoxy groups -OCH3 is 3. The molecule has 8 rings (SSSR count). The Morgan fingerprint density at radius 2 is 1.41 bits per heavy atom. The molecule has 28 heteroatoms. The van der Waals surface area contributed by atoms with Gasteiger partial charge >= 0.3 is 24.0 Å². The number of ether oxygens (including phenoxy) is 8. The number of hydrogen-bond acceptors (Lipinski definition) is 22. The summed E-state index contributed by atoms with van der Waals surface area (Å²) in [5.74, 6) is -2.95. The fourth-order valence-corrected chi connectivity index (χ4v) is 11.5. The molecule has 480 valence electrons. The number of aryl methyl sites for hydroxylation is 1. The molecule has 0 aliphatic carbocycles. The molecule has 3 aromatic carbocycles. The van der Waals surface area contributed by atoms with E-state index in [0.717, 1.165) is 16.9 Å². The maximum atomic E-state index is 14.7. The highest BCUT2D eigenvalue weighted by Crippen LogP contribution is 2.42. The molecule has 1 unspecified atom stereocenters. The van der Waals surface area contributed by atoms with Gasteiger partial charge in [0.05, 0.1) is 40.5 Å². The Balaban J connectivity index is 1.03. The number of oxime groups is 1. The third-order valence-corrected chi connectivity index (χ3v) is 15.9. The van der Waals surface area contributed by atoms with Crippen molar-refractivity contribution in [2.24, 2.45) is 12.2 Å². The van der Waals surface area contributed by atoms with Crippen LogP contribution >= 0.6 is 23.1 Å². The second-order valence-electron chi connectivity index (χ2n) is 22.9. The Morgan fingerprint density at radius 1 is 0.811 bits per heavy atom. The van der Waals surface area contributed by atoms with E-state index in [9.17, 15) is 38.4 Å². The summed E-state index contributed by atoms with van der Waals surface area (Å²) in [6.45, 7) is 10.8. The number of nitrogens with one attached hydrogen (secondary N) is 3. The van der Waals surface area contributed by atoms with Crippen LogP contribution in [0.3, 0.4) is 0 Å². The molecule has 0 saturated carbocycles. The molecule has 3 aliphatic heterocycles. The summed E-state index contributed by atoms with van der Waals surface area (Å²) in [6.07, 6.45) is -1.26. The van der Waals surface area contributed by atoms with E-state index in [-0.39, 0.29) is 77.8 Å². The first-order valence-electron chi connectivity index (χ1n) is 28.6. The zero-order valence-corrected chi connectivity index (χ0v) is 53.2. The van der Waals surface area contributed by atoms with Crippen molar-refractivity contribution in [3.63, 3.8) is 0 Å². The first kappa shape index (κ1) is 67.0. The van der Waals surface area contributed by atoms with Gasteiger partial charge in [-0.1, -0.05) is 41.6 Å². The van der Waals surface area contributed by atoms with Crippen molar-refractivity contribution in [1.82, 2.24) is 25.1 Å². The highest BCUT2D eigenvalue weighted by atomic mass is 32.2. The van der Waals surface area contributed by atoms with Crippen LogP contribution in [0.15, 0.2) is 112 Å². The van der Waals surface area contributed by atoms with Crippen LogP contribution in [0.2, 0.25) is 0 Å². The summed E-state index contributed by atoms with van der Waals surface area (Å²) >= 11 is 2.15. The van der Waals surface area contributed by atoms with E-state index in [0.29, 0.717) is 53.5 Å². The van der Waals surface area contributed by atoms with Gasteiger partial charge in [-0.05, 0) is 94.6 Å².